The average molecular weight is 346 g/mol. The lowest BCUT2D eigenvalue weighted by atomic mass is 10.3. The van der Waals surface area contributed by atoms with Crippen LogP contribution in [0, 0.1) is 0 Å². The third kappa shape index (κ3) is 4.09. The van der Waals surface area contributed by atoms with Crippen LogP contribution in [0.5, 0.6) is 0 Å². The third-order valence-electron chi connectivity index (χ3n) is 3.08. The lowest BCUT2D eigenvalue weighted by molar-refractivity contribution is 1.08. The van der Waals surface area contributed by atoms with E-state index in [1.165, 1.54) is 0 Å². The molecule has 0 unspecified atom stereocenters. The first-order valence-corrected chi connectivity index (χ1v) is 7.65. The summed E-state index contributed by atoms with van der Waals surface area (Å²) in [6, 6.07) is 11.0. The van der Waals surface area contributed by atoms with Crippen molar-refractivity contribution < 1.29 is 0 Å². The average Bonchev–Trinajstić information content (AvgIpc) is 2.58. The van der Waals surface area contributed by atoms with E-state index in [1.54, 1.807) is 42.9 Å². The molecule has 0 atom stereocenters. The van der Waals surface area contributed by atoms with Gasteiger partial charge in [-0.15, -0.1) is 0 Å². The Morgan fingerprint density at radius 1 is 0.913 bits per heavy atom. The highest BCUT2D eigenvalue weighted by Crippen LogP contribution is 2.31. The second-order valence-corrected chi connectivity index (χ2v) is 5.51. The lowest BCUT2D eigenvalue weighted by Gasteiger charge is -2.10. The zero-order valence-corrected chi connectivity index (χ0v) is 13.5. The van der Waals surface area contributed by atoms with Gasteiger partial charge in [0.15, 0.2) is 0 Å². The van der Waals surface area contributed by atoms with Crippen LogP contribution in [0.3, 0.4) is 0 Å². The molecule has 2 N–H and O–H groups in total. The molecule has 23 heavy (non-hydrogen) atoms. The molecule has 0 bridgehead atoms. The van der Waals surface area contributed by atoms with Crippen molar-refractivity contribution in [3.63, 3.8) is 0 Å². The molecular formula is C16H13Cl2N5. The molecule has 0 radical (unpaired) electrons. The summed E-state index contributed by atoms with van der Waals surface area (Å²) in [6.07, 6.45) is 5.17. The Labute approximate surface area is 143 Å². The van der Waals surface area contributed by atoms with Gasteiger partial charge in [-0.3, -0.25) is 4.98 Å². The minimum atomic E-state index is 0.416. The highest BCUT2D eigenvalue weighted by Gasteiger charge is 2.07. The molecule has 0 aliphatic rings. The van der Waals surface area contributed by atoms with Crippen molar-refractivity contribution in [3.8, 4) is 0 Å². The molecule has 116 valence electrons. The largest absolute Gasteiger partial charge is 0.366 e. The molecule has 0 saturated heterocycles. The van der Waals surface area contributed by atoms with Gasteiger partial charge in [0.05, 0.1) is 15.7 Å². The smallest absolute Gasteiger partial charge is 0.229 e. The molecule has 1 aromatic carbocycles. The van der Waals surface area contributed by atoms with Gasteiger partial charge in [-0.05, 0) is 35.9 Å². The number of benzene rings is 1. The zero-order chi connectivity index (χ0) is 16.1. The van der Waals surface area contributed by atoms with Crippen molar-refractivity contribution in [1.82, 2.24) is 15.0 Å². The minimum absolute atomic E-state index is 0.416. The maximum Gasteiger partial charge on any atom is 0.229 e. The van der Waals surface area contributed by atoms with Crippen molar-refractivity contribution in [2.75, 3.05) is 10.6 Å². The number of rotatable bonds is 5. The van der Waals surface area contributed by atoms with Crippen LogP contribution < -0.4 is 10.6 Å². The summed E-state index contributed by atoms with van der Waals surface area (Å²) in [5.41, 5.74) is 1.70. The molecule has 0 fully saturated rings. The van der Waals surface area contributed by atoms with Crippen LogP contribution in [0.15, 0.2) is 55.0 Å². The highest BCUT2D eigenvalue weighted by atomic mass is 35.5. The van der Waals surface area contributed by atoms with Gasteiger partial charge < -0.3 is 10.6 Å². The Morgan fingerprint density at radius 3 is 2.39 bits per heavy atom. The Bertz CT molecular complexity index is 775. The summed E-state index contributed by atoms with van der Waals surface area (Å²) >= 11 is 12.3. The summed E-state index contributed by atoms with van der Waals surface area (Å²) < 4.78 is 0. The SMILES string of the molecule is Clc1cccc(Cl)c1Nc1nccc(NCc2ccncc2)n1. The van der Waals surface area contributed by atoms with Crippen LogP contribution in [-0.2, 0) is 6.54 Å². The summed E-state index contributed by atoms with van der Waals surface area (Å²) in [4.78, 5) is 12.6. The van der Waals surface area contributed by atoms with Gasteiger partial charge in [0, 0.05) is 25.1 Å². The van der Waals surface area contributed by atoms with Gasteiger partial charge in [-0.25, -0.2) is 4.98 Å². The van der Waals surface area contributed by atoms with Crippen molar-refractivity contribution in [3.05, 3.63) is 70.6 Å². The number of nitrogens with zero attached hydrogens (tertiary/aromatic N) is 3. The number of aromatic nitrogens is 3. The molecular weight excluding hydrogens is 333 g/mol. The van der Waals surface area contributed by atoms with Crippen LogP contribution in [0.1, 0.15) is 5.56 Å². The maximum atomic E-state index is 6.14. The summed E-state index contributed by atoms with van der Waals surface area (Å²) in [5.74, 6) is 1.11. The molecule has 2 aromatic heterocycles. The third-order valence-corrected chi connectivity index (χ3v) is 3.71. The first-order valence-electron chi connectivity index (χ1n) is 6.89. The first kappa shape index (κ1) is 15.5. The molecule has 0 amide bonds. The van der Waals surface area contributed by atoms with Gasteiger partial charge in [0.25, 0.3) is 0 Å². The fourth-order valence-electron chi connectivity index (χ4n) is 1.94. The molecule has 0 spiro atoms. The van der Waals surface area contributed by atoms with E-state index in [-0.39, 0.29) is 0 Å². The molecule has 5 nitrogen and oxygen atoms in total. The lowest BCUT2D eigenvalue weighted by Crippen LogP contribution is -2.04. The van der Waals surface area contributed by atoms with E-state index in [2.05, 4.69) is 25.6 Å². The predicted octanol–water partition coefficient (Wildman–Crippen LogP) is 4.53. The van der Waals surface area contributed by atoms with Crippen LogP contribution >= 0.6 is 23.2 Å². The van der Waals surface area contributed by atoms with Gasteiger partial charge in [0.2, 0.25) is 5.95 Å². The number of hydrogen-bond donors (Lipinski definition) is 2. The molecule has 3 rings (SSSR count). The van der Waals surface area contributed by atoms with Crippen molar-refractivity contribution in [1.29, 1.82) is 0 Å². The van der Waals surface area contributed by atoms with E-state index in [0.717, 1.165) is 5.56 Å². The fraction of sp³-hybridized carbons (Fsp3) is 0.0625. The first-order chi connectivity index (χ1) is 11.2. The van der Waals surface area contributed by atoms with E-state index < -0.39 is 0 Å². The zero-order valence-electron chi connectivity index (χ0n) is 12.0. The predicted molar refractivity (Wildman–Crippen MR) is 93.3 cm³/mol. The van der Waals surface area contributed by atoms with E-state index in [0.29, 0.717) is 34.0 Å². The van der Waals surface area contributed by atoms with E-state index in [9.17, 15) is 0 Å². The number of nitrogens with one attached hydrogen (secondary N) is 2. The Kier molecular flexibility index (Phi) is 4.90. The maximum absolute atomic E-state index is 6.14. The van der Waals surface area contributed by atoms with Crippen molar-refractivity contribution in [2.24, 2.45) is 0 Å². The monoisotopic (exact) mass is 345 g/mol. The topological polar surface area (TPSA) is 62.7 Å². The molecule has 0 saturated carbocycles. The van der Waals surface area contributed by atoms with Gasteiger partial charge in [0.1, 0.15) is 5.82 Å². The molecule has 2 heterocycles. The summed E-state index contributed by atoms with van der Waals surface area (Å²) in [5, 5.41) is 7.30. The summed E-state index contributed by atoms with van der Waals surface area (Å²) in [7, 11) is 0. The number of pyridine rings is 1. The molecule has 0 aliphatic carbocycles. The van der Waals surface area contributed by atoms with Crippen LogP contribution in [0.4, 0.5) is 17.5 Å². The second-order valence-electron chi connectivity index (χ2n) is 4.70. The van der Waals surface area contributed by atoms with Crippen LogP contribution in [0.2, 0.25) is 10.0 Å². The molecule has 7 heteroatoms. The van der Waals surface area contributed by atoms with E-state index in [4.69, 9.17) is 23.2 Å². The Balaban J connectivity index is 1.72. The van der Waals surface area contributed by atoms with Gasteiger partial charge >= 0.3 is 0 Å². The molecule has 0 aliphatic heterocycles. The Morgan fingerprint density at radius 2 is 1.65 bits per heavy atom. The number of para-hydroxylation sites is 1. The minimum Gasteiger partial charge on any atom is -0.366 e. The highest BCUT2D eigenvalue weighted by molar-refractivity contribution is 6.39. The molecule has 3 aromatic rings. The number of halogens is 2. The number of hydrogen-bond acceptors (Lipinski definition) is 5. The Hall–Kier alpha value is -2.37. The van der Waals surface area contributed by atoms with Crippen molar-refractivity contribution in [2.45, 2.75) is 6.54 Å². The van der Waals surface area contributed by atoms with Gasteiger partial charge in [-0.2, -0.15) is 4.98 Å². The normalized spacial score (nSPS) is 10.3. The van der Waals surface area contributed by atoms with Crippen molar-refractivity contribution >= 4 is 40.7 Å². The summed E-state index contributed by atoms with van der Waals surface area (Å²) in [6.45, 7) is 0.645. The quantitative estimate of drug-likeness (QED) is 0.710. The van der Waals surface area contributed by atoms with Gasteiger partial charge in [-0.1, -0.05) is 29.3 Å². The number of anilines is 3. The van der Waals surface area contributed by atoms with E-state index >= 15 is 0 Å². The van der Waals surface area contributed by atoms with Crippen LogP contribution in [-0.4, -0.2) is 15.0 Å². The standard InChI is InChI=1S/C16H13Cl2N5/c17-12-2-1-3-13(18)15(12)23-16-20-9-6-14(22-16)21-10-11-4-7-19-8-5-11/h1-9H,10H2,(H2,20,21,22,23). The van der Waals surface area contributed by atoms with E-state index in [1.807, 2.05) is 12.1 Å². The second kappa shape index (κ2) is 7.26. The fourth-order valence-corrected chi connectivity index (χ4v) is 2.43. The van der Waals surface area contributed by atoms with Crippen LogP contribution in [0.25, 0.3) is 0 Å².